The van der Waals surface area contributed by atoms with Gasteiger partial charge in [0.1, 0.15) is 5.75 Å². The molecule has 4 rings (SSSR count). The highest BCUT2D eigenvalue weighted by Crippen LogP contribution is 2.36. The predicted molar refractivity (Wildman–Crippen MR) is 119 cm³/mol. The van der Waals surface area contributed by atoms with E-state index in [1.165, 1.54) is 18.2 Å². The lowest BCUT2D eigenvalue weighted by atomic mass is 10.1. The van der Waals surface area contributed by atoms with E-state index < -0.39 is 11.7 Å². The molecule has 0 spiro atoms. The standard InChI is InChI=1S/C23H23F3N6O/c1-14(2)32-22(28-18-8-6-5-7-17(18)23(24,25)26)29-21(30-32)16-9-10-19(20(11-16)33-4)31-12-15(3)27-13-31/h5-14H,1-4H3,(H,28,29,30). The van der Waals surface area contributed by atoms with Crippen LogP contribution in [0.1, 0.15) is 31.1 Å². The van der Waals surface area contributed by atoms with Gasteiger partial charge in [0.05, 0.1) is 42.1 Å². The van der Waals surface area contributed by atoms with Gasteiger partial charge in [-0.3, -0.25) is 0 Å². The molecule has 0 atom stereocenters. The van der Waals surface area contributed by atoms with Crippen molar-refractivity contribution >= 4 is 11.6 Å². The lowest BCUT2D eigenvalue weighted by molar-refractivity contribution is -0.136. The van der Waals surface area contributed by atoms with Crippen molar-refractivity contribution in [2.45, 2.75) is 33.0 Å². The van der Waals surface area contributed by atoms with Gasteiger partial charge < -0.3 is 14.6 Å². The average molecular weight is 456 g/mol. The lowest BCUT2D eigenvalue weighted by Crippen LogP contribution is -2.12. The van der Waals surface area contributed by atoms with Crippen LogP contribution in [0.4, 0.5) is 24.8 Å². The van der Waals surface area contributed by atoms with E-state index in [2.05, 4.69) is 20.4 Å². The Morgan fingerprint density at radius 1 is 1.09 bits per heavy atom. The van der Waals surface area contributed by atoms with E-state index in [1.807, 2.05) is 43.7 Å². The Hall–Kier alpha value is -3.82. The molecule has 10 heteroatoms. The molecule has 0 saturated carbocycles. The van der Waals surface area contributed by atoms with Crippen molar-refractivity contribution in [1.82, 2.24) is 24.3 Å². The van der Waals surface area contributed by atoms with Gasteiger partial charge in [0.2, 0.25) is 5.95 Å². The van der Waals surface area contributed by atoms with Crippen molar-refractivity contribution in [2.75, 3.05) is 12.4 Å². The van der Waals surface area contributed by atoms with Gasteiger partial charge in [-0.1, -0.05) is 12.1 Å². The average Bonchev–Trinajstić information content (AvgIpc) is 3.39. The van der Waals surface area contributed by atoms with Crippen LogP contribution in [0.25, 0.3) is 17.1 Å². The van der Waals surface area contributed by atoms with Crippen molar-refractivity contribution in [3.8, 4) is 22.8 Å². The molecule has 0 bridgehead atoms. The van der Waals surface area contributed by atoms with Crippen LogP contribution in [-0.2, 0) is 6.18 Å². The Morgan fingerprint density at radius 3 is 2.48 bits per heavy atom. The fraction of sp³-hybridized carbons (Fsp3) is 0.261. The molecule has 0 aliphatic carbocycles. The zero-order valence-corrected chi connectivity index (χ0v) is 18.6. The van der Waals surface area contributed by atoms with Crippen LogP contribution in [0.3, 0.4) is 0 Å². The largest absolute Gasteiger partial charge is 0.495 e. The Morgan fingerprint density at radius 2 is 1.85 bits per heavy atom. The van der Waals surface area contributed by atoms with Crippen LogP contribution >= 0.6 is 0 Å². The highest BCUT2D eigenvalue weighted by molar-refractivity contribution is 5.66. The Balaban J connectivity index is 1.73. The minimum absolute atomic E-state index is 0.0887. The molecular weight excluding hydrogens is 433 g/mol. The molecule has 0 saturated heterocycles. The fourth-order valence-corrected chi connectivity index (χ4v) is 3.43. The van der Waals surface area contributed by atoms with E-state index in [1.54, 1.807) is 24.2 Å². The van der Waals surface area contributed by atoms with Crippen molar-refractivity contribution < 1.29 is 17.9 Å². The number of hydrogen-bond acceptors (Lipinski definition) is 5. The summed E-state index contributed by atoms with van der Waals surface area (Å²) in [6, 6.07) is 10.6. The van der Waals surface area contributed by atoms with Crippen molar-refractivity contribution in [1.29, 1.82) is 0 Å². The smallest absolute Gasteiger partial charge is 0.418 e. The monoisotopic (exact) mass is 456 g/mol. The van der Waals surface area contributed by atoms with Gasteiger partial charge in [0.25, 0.3) is 0 Å². The molecule has 0 radical (unpaired) electrons. The normalized spacial score (nSPS) is 11.8. The van der Waals surface area contributed by atoms with Gasteiger partial charge in [0.15, 0.2) is 5.82 Å². The van der Waals surface area contributed by atoms with Crippen molar-refractivity contribution in [3.63, 3.8) is 0 Å². The number of anilines is 2. The van der Waals surface area contributed by atoms with Gasteiger partial charge in [-0.05, 0) is 51.1 Å². The number of para-hydroxylation sites is 1. The molecule has 0 fully saturated rings. The predicted octanol–water partition coefficient (Wildman–Crippen LogP) is 5.79. The summed E-state index contributed by atoms with van der Waals surface area (Å²) >= 11 is 0. The molecule has 7 nitrogen and oxygen atoms in total. The second-order valence-electron chi connectivity index (χ2n) is 7.77. The Bertz CT molecular complexity index is 1280. The third-order valence-corrected chi connectivity index (χ3v) is 5.03. The summed E-state index contributed by atoms with van der Waals surface area (Å²) in [7, 11) is 1.56. The first-order chi connectivity index (χ1) is 15.7. The zero-order chi connectivity index (χ0) is 23.8. The summed E-state index contributed by atoms with van der Waals surface area (Å²) in [5, 5.41) is 7.35. The van der Waals surface area contributed by atoms with Gasteiger partial charge >= 0.3 is 6.18 Å². The number of methoxy groups -OCH3 is 1. The number of imidazole rings is 1. The van der Waals surface area contributed by atoms with Crippen molar-refractivity contribution in [2.24, 2.45) is 0 Å². The van der Waals surface area contributed by atoms with E-state index >= 15 is 0 Å². The molecule has 2 heterocycles. The Labute approximate surface area is 188 Å². The first-order valence-electron chi connectivity index (χ1n) is 10.3. The maximum absolute atomic E-state index is 13.4. The molecule has 0 aliphatic heterocycles. The number of halogens is 3. The number of nitrogens with zero attached hydrogens (tertiary/aromatic N) is 5. The van der Waals surface area contributed by atoms with Crippen molar-refractivity contribution in [3.05, 3.63) is 66.2 Å². The van der Waals surface area contributed by atoms with E-state index in [9.17, 15) is 13.2 Å². The highest BCUT2D eigenvalue weighted by atomic mass is 19.4. The Kier molecular flexibility index (Phi) is 5.84. The van der Waals surface area contributed by atoms with Crippen LogP contribution in [0.15, 0.2) is 55.0 Å². The van der Waals surface area contributed by atoms with E-state index in [4.69, 9.17) is 4.74 Å². The zero-order valence-electron chi connectivity index (χ0n) is 18.6. The van der Waals surface area contributed by atoms with Gasteiger partial charge in [-0.2, -0.15) is 18.2 Å². The van der Waals surface area contributed by atoms with E-state index in [0.717, 1.165) is 17.4 Å². The van der Waals surface area contributed by atoms with Crippen LogP contribution in [-0.4, -0.2) is 31.4 Å². The molecule has 0 aliphatic rings. The lowest BCUT2D eigenvalue weighted by Gasteiger charge is -2.15. The number of aromatic nitrogens is 5. The number of benzene rings is 2. The molecule has 2 aromatic heterocycles. The number of rotatable bonds is 6. The molecule has 4 aromatic rings. The second kappa shape index (κ2) is 8.61. The topological polar surface area (TPSA) is 69.8 Å². The van der Waals surface area contributed by atoms with Gasteiger partial charge in [-0.15, -0.1) is 5.10 Å². The summed E-state index contributed by atoms with van der Waals surface area (Å²) in [4.78, 5) is 8.74. The number of aryl methyl sites for hydroxylation is 1. The van der Waals surface area contributed by atoms with E-state index in [-0.39, 0.29) is 17.7 Å². The highest BCUT2D eigenvalue weighted by Gasteiger charge is 2.33. The van der Waals surface area contributed by atoms with Gasteiger partial charge in [-0.25, -0.2) is 9.67 Å². The van der Waals surface area contributed by atoms with Crippen LogP contribution < -0.4 is 10.1 Å². The fourth-order valence-electron chi connectivity index (χ4n) is 3.43. The maximum atomic E-state index is 13.4. The quantitative estimate of drug-likeness (QED) is 0.398. The molecular formula is C23H23F3N6O. The molecule has 0 unspecified atom stereocenters. The third-order valence-electron chi connectivity index (χ3n) is 5.03. The molecule has 33 heavy (non-hydrogen) atoms. The summed E-state index contributed by atoms with van der Waals surface area (Å²) in [6.45, 7) is 5.65. The molecule has 1 N–H and O–H groups in total. The SMILES string of the molecule is COc1cc(-c2nc(Nc3ccccc3C(F)(F)F)n(C(C)C)n2)ccc1-n1cnc(C)c1. The number of hydrogen-bond donors (Lipinski definition) is 1. The molecule has 0 amide bonds. The van der Waals surface area contributed by atoms with Gasteiger partial charge in [0, 0.05) is 11.8 Å². The van der Waals surface area contributed by atoms with Crippen LogP contribution in [0, 0.1) is 6.92 Å². The third kappa shape index (κ3) is 4.55. The first-order valence-corrected chi connectivity index (χ1v) is 10.3. The van der Waals surface area contributed by atoms with Crippen LogP contribution in [0.2, 0.25) is 0 Å². The first kappa shape index (κ1) is 22.4. The maximum Gasteiger partial charge on any atom is 0.418 e. The molecule has 172 valence electrons. The van der Waals surface area contributed by atoms with E-state index in [0.29, 0.717) is 17.1 Å². The second-order valence-corrected chi connectivity index (χ2v) is 7.77. The number of nitrogens with one attached hydrogen (secondary N) is 1. The summed E-state index contributed by atoms with van der Waals surface area (Å²) in [5.74, 6) is 1.16. The summed E-state index contributed by atoms with van der Waals surface area (Å²) in [6.07, 6.45) is -0.925. The number of ether oxygens (including phenoxy) is 1. The summed E-state index contributed by atoms with van der Waals surface area (Å²) < 4.78 is 49.3. The van der Waals surface area contributed by atoms with Crippen LogP contribution in [0.5, 0.6) is 5.75 Å². The minimum atomic E-state index is -4.50. The summed E-state index contributed by atoms with van der Waals surface area (Å²) in [5.41, 5.74) is 1.47. The minimum Gasteiger partial charge on any atom is -0.495 e. The molecule has 2 aromatic carbocycles. The number of alkyl halides is 3.